The Bertz CT molecular complexity index is 391. The molecule has 2 rings (SSSR count). The van der Waals surface area contributed by atoms with Crippen LogP contribution in [0.5, 0.6) is 0 Å². The first-order chi connectivity index (χ1) is 8.29. The van der Waals surface area contributed by atoms with E-state index < -0.39 is 0 Å². The first kappa shape index (κ1) is 12.0. The van der Waals surface area contributed by atoms with Crippen LogP contribution in [-0.4, -0.2) is 17.5 Å². The first-order valence-corrected chi connectivity index (χ1v) is 6.45. The summed E-state index contributed by atoms with van der Waals surface area (Å²) in [5.74, 6) is 0. The van der Waals surface area contributed by atoms with Crippen molar-refractivity contribution < 1.29 is 0 Å². The SMILES string of the molecule is C=C1C=CN(CCC)C(Cc2ccccc2)C1. The minimum absolute atomic E-state index is 0.579. The van der Waals surface area contributed by atoms with E-state index in [2.05, 4.69) is 61.0 Å². The van der Waals surface area contributed by atoms with Gasteiger partial charge in [0.25, 0.3) is 0 Å². The highest BCUT2D eigenvalue weighted by Gasteiger charge is 2.19. The average Bonchev–Trinajstić information content (AvgIpc) is 2.34. The largest absolute Gasteiger partial charge is 0.374 e. The van der Waals surface area contributed by atoms with E-state index in [1.54, 1.807) is 0 Å². The van der Waals surface area contributed by atoms with Crippen LogP contribution >= 0.6 is 0 Å². The summed E-state index contributed by atoms with van der Waals surface area (Å²) in [4.78, 5) is 2.46. The number of hydrogen-bond donors (Lipinski definition) is 0. The number of allylic oxidation sites excluding steroid dienone is 1. The van der Waals surface area contributed by atoms with E-state index in [1.165, 1.54) is 17.6 Å². The van der Waals surface area contributed by atoms with Gasteiger partial charge in [0, 0.05) is 12.6 Å². The molecule has 0 spiro atoms. The second-order valence-corrected chi connectivity index (χ2v) is 4.76. The molecule has 0 aromatic heterocycles. The molecule has 0 saturated carbocycles. The Hall–Kier alpha value is -1.50. The molecule has 1 atom stereocenters. The summed E-state index contributed by atoms with van der Waals surface area (Å²) in [6.45, 7) is 7.46. The molecule has 1 aliphatic heterocycles. The third-order valence-corrected chi connectivity index (χ3v) is 3.26. The van der Waals surface area contributed by atoms with Gasteiger partial charge in [-0.15, -0.1) is 0 Å². The molecule has 0 amide bonds. The van der Waals surface area contributed by atoms with Crippen LogP contribution in [-0.2, 0) is 6.42 Å². The van der Waals surface area contributed by atoms with E-state index in [9.17, 15) is 0 Å². The summed E-state index contributed by atoms with van der Waals surface area (Å²) in [7, 11) is 0. The summed E-state index contributed by atoms with van der Waals surface area (Å²) < 4.78 is 0. The monoisotopic (exact) mass is 227 g/mol. The number of rotatable bonds is 4. The number of hydrogen-bond acceptors (Lipinski definition) is 1. The molecule has 0 fully saturated rings. The van der Waals surface area contributed by atoms with Crippen LogP contribution in [0, 0.1) is 0 Å². The maximum atomic E-state index is 4.09. The summed E-state index contributed by atoms with van der Waals surface area (Å²) in [5.41, 5.74) is 2.67. The quantitative estimate of drug-likeness (QED) is 0.756. The Morgan fingerprint density at radius 1 is 1.29 bits per heavy atom. The summed E-state index contributed by atoms with van der Waals surface area (Å²) >= 11 is 0. The number of benzene rings is 1. The van der Waals surface area contributed by atoms with Crippen molar-refractivity contribution in [1.82, 2.24) is 4.90 Å². The van der Waals surface area contributed by atoms with Crippen LogP contribution in [0.4, 0.5) is 0 Å². The second kappa shape index (κ2) is 5.72. The van der Waals surface area contributed by atoms with Crippen molar-refractivity contribution in [3.8, 4) is 0 Å². The van der Waals surface area contributed by atoms with Crippen molar-refractivity contribution in [3.63, 3.8) is 0 Å². The molecule has 1 heteroatoms. The third-order valence-electron chi connectivity index (χ3n) is 3.26. The van der Waals surface area contributed by atoms with Gasteiger partial charge < -0.3 is 4.90 Å². The minimum atomic E-state index is 0.579. The summed E-state index contributed by atoms with van der Waals surface area (Å²) in [6.07, 6.45) is 7.76. The minimum Gasteiger partial charge on any atom is -0.374 e. The van der Waals surface area contributed by atoms with Gasteiger partial charge in [-0.2, -0.15) is 0 Å². The van der Waals surface area contributed by atoms with Crippen molar-refractivity contribution in [3.05, 3.63) is 60.3 Å². The lowest BCUT2D eigenvalue weighted by atomic mass is 9.96. The van der Waals surface area contributed by atoms with E-state index in [1.807, 2.05) is 0 Å². The van der Waals surface area contributed by atoms with Crippen LogP contribution < -0.4 is 0 Å². The van der Waals surface area contributed by atoms with E-state index >= 15 is 0 Å². The number of nitrogens with zero attached hydrogens (tertiary/aromatic N) is 1. The lowest BCUT2D eigenvalue weighted by molar-refractivity contribution is 0.264. The predicted molar refractivity (Wildman–Crippen MR) is 73.8 cm³/mol. The molecule has 0 N–H and O–H groups in total. The Kier molecular flexibility index (Phi) is 4.03. The molecule has 0 radical (unpaired) electrons. The van der Waals surface area contributed by atoms with Crippen molar-refractivity contribution >= 4 is 0 Å². The van der Waals surface area contributed by atoms with Crippen molar-refractivity contribution in [2.45, 2.75) is 32.2 Å². The topological polar surface area (TPSA) is 3.24 Å². The van der Waals surface area contributed by atoms with Crippen molar-refractivity contribution in [2.75, 3.05) is 6.54 Å². The fourth-order valence-electron chi connectivity index (χ4n) is 2.40. The zero-order chi connectivity index (χ0) is 12.1. The molecule has 1 aliphatic rings. The van der Waals surface area contributed by atoms with E-state index in [-0.39, 0.29) is 0 Å². The van der Waals surface area contributed by atoms with Gasteiger partial charge >= 0.3 is 0 Å². The van der Waals surface area contributed by atoms with Gasteiger partial charge in [0.1, 0.15) is 0 Å². The Balaban J connectivity index is 2.07. The summed E-state index contributed by atoms with van der Waals surface area (Å²) in [5, 5.41) is 0. The Morgan fingerprint density at radius 3 is 2.76 bits per heavy atom. The van der Waals surface area contributed by atoms with Gasteiger partial charge in [0.05, 0.1) is 0 Å². The van der Waals surface area contributed by atoms with Crippen LogP contribution in [0.3, 0.4) is 0 Å². The molecule has 0 saturated heterocycles. The molecule has 1 aromatic carbocycles. The third kappa shape index (κ3) is 3.23. The van der Waals surface area contributed by atoms with Crippen molar-refractivity contribution in [1.29, 1.82) is 0 Å². The fourth-order valence-corrected chi connectivity index (χ4v) is 2.40. The first-order valence-electron chi connectivity index (χ1n) is 6.45. The van der Waals surface area contributed by atoms with Gasteiger partial charge in [-0.3, -0.25) is 0 Å². The van der Waals surface area contributed by atoms with E-state index in [4.69, 9.17) is 0 Å². The van der Waals surface area contributed by atoms with E-state index in [0.29, 0.717) is 6.04 Å². The Morgan fingerprint density at radius 2 is 2.06 bits per heavy atom. The van der Waals surface area contributed by atoms with Crippen LogP contribution in [0.15, 0.2) is 54.8 Å². The highest BCUT2D eigenvalue weighted by Crippen LogP contribution is 2.22. The molecule has 1 heterocycles. The molecular formula is C16H21N. The second-order valence-electron chi connectivity index (χ2n) is 4.76. The average molecular weight is 227 g/mol. The normalized spacial score (nSPS) is 19.7. The van der Waals surface area contributed by atoms with Crippen LogP contribution in [0.1, 0.15) is 25.3 Å². The highest BCUT2D eigenvalue weighted by atomic mass is 15.1. The maximum absolute atomic E-state index is 4.09. The smallest absolute Gasteiger partial charge is 0.0364 e. The van der Waals surface area contributed by atoms with Gasteiger partial charge in [0.2, 0.25) is 0 Å². The predicted octanol–water partition coefficient (Wildman–Crippen LogP) is 3.78. The summed E-state index contributed by atoms with van der Waals surface area (Å²) in [6, 6.07) is 11.3. The van der Waals surface area contributed by atoms with Crippen LogP contribution in [0.2, 0.25) is 0 Å². The molecule has 17 heavy (non-hydrogen) atoms. The Labute approximate surface area is 104 Å². The standard InChI is InChI=1S/C16H21N/c1-3-10-17-11-9-14(2)12-16(17)13-15-7-5-4-6-8-15/h4-9,11,16H,2-3,10,12-13H2,1H3. The van der Waals surface area contributed by atoms with Gasteiger partial charge in [-0.25, -0.2) is 0 Å². The molecule has 1 nitrogen and oxygen atoms in total. The van der Waals surface area contributed by atoms with Gasteiger partial charge in [-0.1, -0.05) is 49.4 Å². The van der Waals surface area contributed by atoms with E-state index in [0.717, 1.165) is 19.4 Å². The molecule has 1 unspecified atom stereocenters. The van der Waals surface area contributed by atoms with Gasteiger partial charge in [0.15, 0.2) is 0 Å². The lowest BCUT2D eigenvalue weighted by Gasteiger charge is -2.34. The van der Waals surface area contributed by atoms with Crippen LogP contribution in [0.25, 0.3) is 0 Å². The zero-order valence-electron chi connectivity index (χ0n) is 10.6. The van der Waals surface area contributed by atoms with Gasteiger partial charge in [-0.05, 0) is 37.1 Å². The zero-order valence-corrected chi connectivity index (χ0v) is 10.6. The maximum Gasteiger partial charge on any atom is 0.0364 e. The fraction of sp³-hybridized carbons (Fsp3) is 0.375. The molecular weight excluding hydrogens is 206 g/mol. The highest BCUT2D eigenvalue weighted by molar-refractivity contribution is 5.23. The lowest BCUT2D eigenvalue weighted by Crippen LogP contribution is -2.35. The van der Waals surface area contributed by atoms with Crippen molar-refractivity contribution in [2.24, 2.45) is 0 Å². The molecule has 0 aliphatic carbocycles. The molecule has 0 bridgehead atoms. The molecule has 90 valence electrons. The molecule has 1 aromatic rings.